The molecule has 0 unspecified atom stereocenters. The Labute approximate surface area is 804 Å². The fourth-order valence-electron chi connectivity index (χ4n) is 22.4. The van der Waals surface area contributed by atoms with E-state index in [2.05, 4.69) is 354 Å². The first-order chi connectivity index (χ1) is 64.3. The molecule has 0 atom stereocenters. The van der Waals surface area contributed by atoms with Crippen molar-refractivity contribution in [1.82, 2.24) is 39.9 Å². The van der Waals surface area contributed by atoms with Gasteiger partial charge in [-0.2, -0.15) is 0 Å². The SMILES string of the molecule is Cc1c(C)c(C)c2c(c1C)Cc1cccnc1-2.Cc1cc(C)c2c(c1C)Cc1c(C)ccnc1-2.Cc1cc2c(c(C)c1C)Cc1c(C)ccnc1-2.Cc1ccc2c(c1C)Cc1c(C)ccnc1-2.Cc1ccc2c(n1)-c1c(C)cc(C)c(C)c1C2.Cc1ccc2c(n1)-c1cc(C)c(C)c(C)c1C2.Cc1cnc2c(c1)Cc1c(C)c(C)cc(C)c1-2.Cc1cnc2c(c1)Cc1c-2cc(C)c(C)c1C. The Hall–Kier alpha value is -13.0. The average molecular weight is 1770 g/mol. The van der Waals surface area contributed by atoms with Gasteiger partial charge in [0.25, 0.3) is 0 Å². The monoisotopic (exact) mass is 1770 g/mol. The van der Waals surface area contributed by atoms with Crippen molar-refractivity contribution in [2.75, 3.05) is 0 Å². The summed E-state index contributed by atoms with van der Waals surface area (Å²) in [6.45, 7) is 68.0. The molecule has 8 aliphatic carbocycles. The first-order valence-electron chi connectivity index (χ1n) is 48.7. The van der Waals surface area contributed by atoms with E-state index in [1.807, 2.05) is 43.2 Å². The van der Waals surface area contributed by atoms with Gasteiger partial charge < -0.3 is 0 Å². The number of pyridine rings is 8. The van der Waals surface area contributed by atoms with Gasteiger partial charge in [-0.15, -0.1) is 0 Å². The molecule has 0 amide bonds. The summed E-state index contributed by atoms with van der Waals surface area (Å²) in [5, 5.41) is 0. The van der Waals surface area contributed by atoms with Crippen LogP contribution in [-0.2, 0) is 51.4 Å². The van der Waals surface area contributed by atoms with Crippen LogP contribution < -0.4 is 0 Å². The highest BCUT2D eigenvalue weighted by Gasteiger charge is 2.33. The highest BCUT2D eigenvalue weighted by molar-refractivity contribution is 5.86. The highest BCUT2D eigenvalue weighted by atomic mass is 14.8. The molecule has 0 saturated heterocycles. The van der Waals surface area contributed by atoms with E-state index in [4.69, 9.17) is 9.97 Å². The van der Waals surface area contributed by atoms with Crippen LogP contribution in [0.4, 0.5) is 0 Å². The van der Waals surface area contributed by atoms with E-state index < -0.39 is 0 Å². The lowest BCUT2D eigenvalue weighted by Crippen LogP contribution is -1.98. The maximum Gasteiger partial charge on any atom is 0.0746 e. The van der Waals surface area contributed by atoms with Crippen molar-refractivity contribution >= 4 is 0 Å². The number of rotatable bonds is 0. The second-order valence-corrected chi connectivity index (χ2v) is 40.5. The lowest BCUT2D eigenvalue weighted by molar-refractivity contribution is 1.14. The van der Waals surface area contributed by atoms with Crippen molar-refractivity contribution in [3.63, 3.8) is 0 Å². The van der Waals surface area contributed by atoms with E-state index in [0.29, 0.717) is 0 Å². The van der Waals surface area contributed by atoms with Crippen LogP contribution in [0.5, 0.6) is 0 Å². The highest BCUT2D eigenvalue weighted by Crippen LogP contribution is 2.49. The topological polar surface area (TPSA) is 103 Å². The second kappa shape index (κ2) is 37.0. The molecule has 0 aliphatic heterocycles. The normalized spacial score (nSPS) is 12.5. The van der Waals surface area contributed by atoms with E-state index in [-0.39, 0.29) is 0 Å². The minimum atomic E-state index is 1.05. The van der Waals surface area contributed by atoms with Gasteiger partial charge >= 0.3 is 0 Å². The molecular formula is C127H134N8. The summed E-state index contributed by atoms with van der Waals surface area (Å²) in [4.78, 5) is 36.9. The zero-order chi connectivity index (χ0) is 96.4. The van der Waals surface area contributed by atoms with Gasteiger partial charge in [-0.05, 0) is 520 Å². The zero-order valence-electron chi connectivity index (χ0n) is 86.2. The molecule has 0 N–H and O–H groups in total. The van der Waals surface area contributed by atoms with Gasteiger partial charge in [0.05, 0.1) is 45.6 Å². The molecule has 24 rings (SSSR count). The number of benzene rings is 8. The van der Waals surface area contributed by atoms with Crippen LogP contribution in [0.3, 0.4) is 0 Å². The van der Waals surface area contributed by atoms with Gasteiger partial charge in [0, 0.05) is 144 Å². The molecule has 0 bridgehead atoms. The molecule has 0 spiro atoms. The molecular weight excluding hydrogens is 1640 g/mol. The standard InChI is InChI=1S/7C16H17N.C15H15N/c1-9-5-13-7-14-12(4)11(3)10(2)6-15(14)16(13)17-8-9;1-9-5-13-7-14-12(4)10(2)6-11(3)15(14)16(13)17-8-9;1-9-7-10(2)15-14(12(9)4)8-13-6-5-11(3)17-16(13)15;1-9-7-15-14(12(4)11(9)3)8-13-6-5-10(2)17-16(13)15;1-9-5-6-17-16-13(9)8-14-12(4)11(3)10(2)7-15(14)16;1-9-5-6-17-16-13(9)8-14-12(4)10(2)7-11(3)15(14)16;1-9-10(2)12(4)15-14(11(9)3)8-13-6-5-7-17-16(13)15;1-9-4-5-12-14(11(9)3)8-13-10(2)6-7-16-15(12)13/h2*5-6,8H,7H2,1-4H3;5*5-7H,8H2,1-4H3;4-7H,8H2,1-3H3. The van der Waals surface area contributed by atoms with Crippen molar-refractivity contribution in [2.24, 2.45) is 0 Å². The van der Waals surface area contributed by atoms with E-state index >= 15 is 0 Å². The van der Waals surface area contributed by atoms with Crippen LogP contribution in [0.15, 0.2) is 152 Å². The molecule has 8 aliphatic rings. The van der Waals surface area contributed by atoms with Crippen molar-refractivity contribution in [2.45, 2.75) is 266 Å². The molecule has 8 aromatic carbocycles. The third-order valence-corrected chi connectivity index (χ3v) is 32.2. The number of hydrogen-bond donors (Lipinski definition) is 0. The number of fused-ring (bicyclic) bond motifs is 24. The smallest absolute Gasteiger partial charge is 0.0746 e. The van der Waals surface area contributed by atoms with Crippen LogP contribution in [0.2, 0.25) is 0 Å². The quantitative estimate of drug-likeness (QED) is 0.148. The fraction of sp³-hybridized carbons (Fsp3) is 0.307. The number of aryl methyl sites for hydroxylation is 17. The Morgan fingerprint density at radius 2 is 0.496 bits per heavy atom. The van der Waals surface area contributed by atoms with E-state index in [1.54, 1.807) is 0 Å². The second-order valence-electron chi connectivity index (χ2n) is 40.5. The summed E-state index contributed by atoms with van der Waals surface area (Å²) in [5.41, 5.74) is 86.1. The van der Waals surface area contributed by atoms with E-state index in [1.165, 1.54) is 340 Å². The minimum Gasteiger partial charge on any atom is -0.256 e. The van der Waals surface area contributed by atoms with Crippen LogP contribution in [0, 0.1) is 215 Å². The van der Waals surface area contributed by atoms with Gasteiger partial charge in [0.2, 0.25) is 0 Å². The maximum atomic E-state index is 4.73. The largest absolute Gasteiger partial charge is 0.256 e. The average Bonchev–Trinajstić information content (AvgIpc) is 1.57. The van der Waals surface area contributed by atoms with Gasteiger partial charge in [0.1, 0.15) is 0 Å². The minimum absolute atomic E-state index is 1.05. The third-order valence-electron chi connectivity index (χ3n) is 32.2. The summed E-state index contributed by atoms with van der Waals surface area (Å²) < 4.78 is 0. The van der Waals surface area contributed by atoms with E-state index in [9.17, 15) is 0 Å². The lowest BCUT2D eigenvalue weighted by atomic mass is 9.90. The van der Waals surface area contributed by atoms with Gasteiger partial charge in [-0.25, -0.2) is 0 Å². The molecule has 0 radical (unpaired) electrons. The molecule has 16 aromatic rings. The number of aromatic nitrogens is 8. The Bertz CT molecular complexity index is 7620. The first kappa shape index (κ1) is 93.8. The van der Waals surface area contributed by atoms with Crippen molar-refractivity contribution in [3.05, 3.63) is 414 Å². The van der Waals surface area contributed by atoms with Crippen molar-refractivity contribution in [3.8, 4) is 90.1 Å². The van der Waals surface area contributed by atoms with Crippen LogP contribution in [0.1, 0.15) is 262 Å². The van der Waals surface area contributed by atoms with Crippen LogP contribution in [0.25, 0.3) is 90.1 Å². The first-order valence-corrected chi connectivity index (χ1v) is 48.7. The molecule has 0 saturated carbocycles. The van der Waals surface area contributed by atoms with Gasteiger partial charge in [-0.3, -0.25) is 39.9 Å². The Kier molecular flexibility index (Phi) is 25.7. The number of nitrogens with zero attached hydrogens (tertiary/aromatic N) is 8. The van der Waals surface area contributed by atoms with E-state index in [0.717, 1.165) is 62.8 Å². The molecule has 8 heterocycles. The predicted molar refractivity (Wildman–Crippen MR) is 567 cm³/mol. The predicted octanol–water partition coefficient (Wildman–Crippen LogP) is 30.8. The molecule has 8 heteroatoms. The van der Waals surface area contributed by atoms with Crippen LogP contribution in [-0.4, -0.2) is 39.9 Å². The Balaban J connectivity index is 0.000000107. The zero-order valence-corrected chi connectivity index (χ0v) is 86.2. The molecule has 8 aromatic heterocycles. The summed E-state index contributed by atoms with van der Waals surface area (Å²) in [6, 6.07) is 42.0. The molecule has 0 fully saturated rings. The third kappa shape index (κ3) is 17.0. The summed E-state index contributed by atoms with van der Waals surface area (Å²) in [5.74, 6) is 0. The van der Waals surface area contributed by atoms with Gasteiger partial charge in [0.15, 0.2) is 0 Å². The molecule has 135 heavy (non-hydrogen) atoms. The summed E-state index contributed by atoms with van der Waals surface area (Å²) in [7, 11) is 0. The van der Waals surface area contributed by atoms with Crippen molar-refractivity contribution in [1.29, 1.82) is 0 Å². The van der Waals surface area contributed by atoms with Crippen molar-refractivity contribution < 1.29 is 0 Å². The summed E-state index contributed by atoms with van der Waals surface area (Å²) in [6.07, 6.45) is 20.0. The molecule has 8 nitrogen and oxygen atoms in total. The molecule has 682 valence electrons. The van der Waals surface area contributed by atoms with Gasteiger partial charge in [-0.1, -0.05) is 60.7 Å². The summed E-state index contributed by atoms with van der Waals surface area (Å²) >= 11 is 0. The number of hydrogen-bond acceptors (Lipinski definition) is 8. The lowest BCUT2D eigenvalue weighted by Gasteiger charge is -2.15. The Morgan fingerprint density at radius 1 is 0.170 bits per heavy atom. The fourth-order valence-corrected chi connectivity index (χ4v) is 22.4. The van der Waals surface area contributed by atoms with Crippen LogP contribution >= 0.6 is 0 Å². The Morgan fingerprint density at radius 3 is 1.01 bits per heavy atom. The maximum absolute atomic E-state index is 4.73.